The molecular formula is C24H24N4O5S. The first-order valence-electron chi connectivity index (χ1n) is 11.2. The number of aromatic amines is 1. The van der Waals surface area contributed by atoms with Crippen LogP contribution in [-0.2, 0) is 33.6 Å². The average Bonchev–Trinajstić information content (AvgIpc) is 3.55. The molecule has 0 radical (unpaired) electrons. The highest BCUT2D eigenvalue weighted by Crippen LogP contribution is 2.39. The number of esters is 1. The average molecular weight is 481 g/mol. The van der Waals surface area contributed by atoms with Gasteiger partial charge >= 0.3 is 12.0 Å². The van der Waals surface area contributed by atoms with Crippen molar-refractivity contribution in [1.29, 1.82) is 0 Å². The number of nitrogens with one attached hydrogen (secondary N) is 3. The minimum Gasteiger partial charge on any atom is -0.462 e. The third-order valence-electron chi connectivity index (χ3n) is 6.16. The number of urea groups is 1. The van der Waals surface area contributed by atoms with Crippen molar-refractivity contribution >= 4 is 51.1 Å². The van der Waals surface area contributed by atoms with Gasteiger partial charge in [0.2, 0.25) is 5.91 Å². The number of aromatic nitrogens is 1. The Hall–Kier alpha value is -3.66. The zero-order valence-corrected chi connectivity index (χ0v) is 19.4. The number of imide groups is 1. The zero-order chi connectivity index (χ0) is 23.8. The Bertz CT molecular complexity index is 1310. The Morgan fingerprint density at radius 2 is 2.06 bits per heavy atom. The number of aryl methyl sites for hydroxylation is 1. The largest absolute Gasteiger partial charge is 0.462 e. The number of hydrogen-bond donors (Lipinski definition) is 3. The summed E-state index contributed by atoms with van der Waals surface area (Å²) in [6, 6.07) is 6.37. The number of para-hydroxylation sites is 1. The maximum Gasteiger partial charge on any atom is 0.341 e. The Labute approximate surface area is 199 Å². The molecule has 1 atom stereocenters. The second-order valence-corrected chi connectivity index (χ2v) is 9.43. The molecule has 1 aliphatic carbocycles. The molecule has 0 bridgehead atoms. The Kier molecular flexibility index (Phi) is 5.82. The number of nitrogens with zero attached hydrogens (tertiary/aromatic N) is 1. The van der Waals surface area contributed by atoms with Crippen molar-refractivity contribution in [2.24, 2.45) is 0 Å². The van der Waals surface area contributed by atoms with Gasteiger partial charge in [-0.3, -0.25) is 14.5 Å². The van der Waals surface area contributed by atoms with E-state index in [2.05, 4.69) is 15.6 Å². The van der Waals surface area contributed by atoms with E-state index < -0.39 is 36.4 Å². The smallest absolute Gasteiger partial charge is 0.341 e. The predicted molar refractivity (Wildman–Crippen MR) is 127 cm³/mol. The van der Waals surface area contributed by atoms with Crippen LogP contribution in [0.25, 0.3) is 10.9 Å². The van der Waals surface area contributed by atoms with Crippen LogP contribution < -0.4 is 10.6 Å². The van der Waals surface area contributed by atoms with Crippen LogP contribution in [0.1, 0.15) is 39.7 Å². The van der Waals surface area contributed by atoms with Gasteiger partial charge in [-0.1, -0.05) is 18.2 Å². The minimum atomic E-state index is -0.750. The Balaban J connectivity index is 1.28. The van der Waals surface area contributed by atoms with Crippen molar-refractivity contribution in [2.75, 3.05) is 18.5 Å². The highest BCUT2D eigenvalue weighted by molar-refractivity contribution is 7.17. The van der Waals surface area contributed by atoms with Crippen molar-refractivity contribution in [2.45, 2.75) is 38.6 Å². The van der Waals surface area contributed by atoms with E-state index in [-0.39, 0.29) is 6.61 Å². The van der Waals surface area contributed by atoms with Crippen LogP contribution in [0.5, 0.6) is 0 Å². The number of rotatable bonds is 7. The molecule has 1 saturated heterocycles. The maximum atomic E-state index is 12.9. The first-order valence-corrected chi connectivity index (χ1v) is 12.1. The number of benzene rings is 1. The van der Waals surface area contributed by atoms with Crippen LogP contribution in [0, 0.1) is 0 Å². The third-order valence-corrected chi connectivity index (χ3v) is 7.37. The molecular weight excluding hydrogens is 456 g/mol. The fourth-order valence-electron chi connectivity index (χ4n) is 4.61. The van der Waals surface area contributed by atoms with Crippen LogP contribution in [0.15, 0.2) is 30.5 Å². The number of H-pyrrole nitrogens is 1. The number of carbonyl (C=O) groups excluding carboxylic acids is 4. The van der Waals surface area contributed by atoms with Gasteiger partial charge in [-0.2, -0.15) is 0 Å². The fraction of sp³-hybridized carbons (Fsp3) is 0.333. The molecule has 3 aromatic rings. The van der Waals surface area contributed by atoms with Gasteiger partial charge in [0.1, 0.15) is 17.6 Å². The number of anilines is 1. The summed E-state index contributed by atoms with van der Waals surface area (Å²) in [7, 11) is 0. The summed E-state index contributed by atoms with van der Waals surface area (Å²) < 4.78 is 5.18. The quantitative estimate of drug-likeness (QED) is 0.355. The number of fused-ring (bicyclic) bond motifs is 2. The van der Waals surface area contributed by atoms with E-state index in [4.69, 9.17) is 4.74 Å². The highest BCUT2D eigenvalue weighted by atomic mass is 32.1. The fourth-order valence-corrected chi connectivity index (χ4v) is 5.90. The summed E-state index contributed by atoms with van der Waals surface area (Å²) >= 11 is 1.35. The third kappa shape index (κ3) is 3.94. The van der Waals surface area contributed by atoms with Crippen molar-refractivity contribution in [3.05, 3.63) is 52.0 Å². The minimum absolute atomic E-state index is 0.233. The lowest BCUT2D eigenvalue weighted by molar-refractivity contribution is -0.130. The van der Waals surface area contributed by atoms with E-state index >= 15 is 0 Å². The van der Waals surface area contributed by atoms with Gasteiger partial charge in [-0.25, -0.2) is 9.59 Å². The molecule has 2 aliphatic rings. The van der Waals surface area contributed by atoms with Crippen LogP contribution in [-0.4, -0.2) is 52.9 Å². The monoisotopic (exact) mass is 480 g/mol. The van der Waals surface area contributed by atoms with E-state index in [1.54, 1.807) is 6.92 Å². The van der Waals surface area contributed by atoms with Crippen LogP contribution >= 0.6 is 11.3 Å². The van der Waals surface area contributed by atoms with Gasteiger partial charge in [0.05, 0.1) is 12.2 Å². The summed E-state index contributed by atoms with van der Waals surface area (Å²) in [5.74, 6) is -1.46. The number of hydrogen-bond acceptors (Lipinski definition) is 6. The van der Waals surface area contributed by atoms with Gasteiger partial charge in [0.25, 0.3) is 5.91 Å². The summed E-state index contributed by atoms with van der Waals surface area (Å²) in [4.78, 5) is 55.8. The first kappa shape index (κ1) is 22.1. The lowest BCUT2D eigenvalue weighted by Crippen LogP contribution is -2.38. The Morgan fingerprint density at radius 1 is 1.24 bits per heavy atom. The highest BCUT2D eigenvalue weighted by Gasteiger charge is 2.39. The number of thiophene rings is 1. The van der Waals surface area contributed by atoms with Crippen molar-refractivity contribution in [3.8, 4) is 0 Å². The molecule has 1 unspecified atom stereocenters. The Morgan fingerprint density at radius 3 is 2.88 bits per heavy atom. The topological polar surface area (TPSA) is 121 Å². The van der Waals surface area contributed by atoms with E-state index in [1.807, 2.05) is 30.5 Å². The molecule has 9 nitrogen and oxygen atoms in total. The lowest BCUT2D eigenvalue weighted by atomic mass is 10.1. The summed E-state index contributed by atoms with van der Waals surface area (Å²) in [5, 5.41) is 6.80. The van der Waals surface area contributed by atoms with Crippen molar-refractivity contribution in [3.63, 3.8) is 0 Å². The summed E-state index contributed by atoms with van der Waals surface area (Å²) in [6.45, 7) is 1.53. The number of amides is 4. The second kappa shape index (κ2) is 8.94. The van der Waals surface area contributed by atoms with Gasteiger partial charge in [0, 0.05) is 28.4 Å². The molecule has 2 aromatic heterocycles. The normalized spacial score (nSPS) is 17.2. The molecule has 5 rings (SSSR count). The molecule has 3 heterocycles. The summed E-state index contributed by atoms with van der Waals surface area (Å²) in [5.41, 5.74) is 3.17. The van der Waals surface area contributed by atoms with E-state index in [0.717, 1.165) is 51.1 Å². The van der Waals surface area contributed by atoms with Gasteiger partial charge < -0.3 is 20.4 Å². The molecule has 0 spiro atoms. The number of carbonyl (C=O) groups is 4. The van der Waals surface area contributed by atoms with E-state index in [9.17, 15) is 19.2 Å². The maximum absolute atomic E-state index is 12.9. The molecule has 176 valence electrons. The van der Waals surface area contributed by atoms with Crippen LogP contribution in [0.2, 0.25) is 0 Å². The standard InChI is InChI=1S/C24H24N4O5S/c1-2-33-23(31)20-15-7-5-9-18(15)34-21(20)27-19(29)12-28-22(30)17(26-24(28)32)10-13-11-25-16-8-4-3-6-14(13)16/h3-4,6,8,11,17,25H,2,5,7,9-10,12H2,1H3,(H,26,32)(H,27,29). The summed E-state index contributed by atoms with van der Waals surface area (Å²) in [6.07, 6.45) is 4.72. The number of ether oxygens (including phenoxy) is 1. The molecule has 10 heteroatoms. The molecule has 1 aromatic carbocycles. The van der Waals surface area contributed by atoms with Crippen LogP contribution in [0.3, 0.4) is 0 Å². The molecule has 0 saturated carbocycles. The first-order chi connectivity index (χ1) is 16.5. The molecule has 3 N–H and O–H groups in total. The SMILES string of the molecule is CCOC(=O)c1c(NC(=O)CN2C(=O)NC(Cc3c[nH]c4ccccc34)C2=O)sc2c1CCC2. The van der Waals surface area contributed by atoms with Crippen molar-refractivity contribution in [1.82, 2.24) is 15.2 Å². The van der Waals surface area contributed by atoms with Gasteiger partial charge in [-0.05, 0) is 43.4 Å². The second-order valence-electron chi connectivity index (χ2n) is 8.32. The zero-order valence-electron chi connectivity index (χ0n) is 18.6. The molecule has 34 heavy (non-hydrogen) atoms. The van der Waals surface area contributed by atoms with Crippen LogP contribution in [0.4, 0.5) is 9.80 Å². The molecule has 1 fully saturated rings. The molecule has 4 amide bonds. The van der Waals surface area contributed by atoms with Gasteiger partial charge in [-0.15, -0.1) is 11.3 Å². The van der Waals surface area contributed by atoms with Gasteiger partial charge in [0.15, 0.2) is 0 Å². The molecule has 1 aliphatic heterocycles. The van der Waals surface area contributed by atoms with E-state index in [1.165, 1.54) is 11.3 Å². The lowest BCUT2D eigenvalue weighted by Gasteiger charge is -2.13. The van der Waals surface area contributed by atoms with Crippen molar-refractivity contribution < 1.29 is 23.9 Å². The predicted octanol–water partition coefficient (Wildman–Crippen LogP) is 3.00. The van der Waals surface area contributed by atoms with E-state index in [0.29, 0.717) is 17.0 Å².